The summed E-state index contributed by atoms with van der Waals surface area (Å²) in [5.74, 6) is 0.269. The Labute approximate surface area is 131 Å². The van der Waals surface area contributed by atoms with Crippen molar-refractivity contribution in [2.24, 2.45) is 0 Å². The summed E-state index contributed by atoms with van der Waals surface area (Å²) in [6, 6.07) is 2.82. The van der Waals surface area contributed by atoms with E-state index in [-0.39, 0.29) is 5.91 Å². The van der Waals surface area contributed by atoms with Gasteiger partial charge in [-0.3, -0.25) is 4.79 Å². The Bertz CT molecular complexity index is 477. The van der Waals surface area contributed by atoms with Crippen molar-refractivity contribution in [3.05, 3.63) is 21.4 Å². The normalized spacial score (nSPS) is 20.4. The van der Waals surface area contributed by atoms with Crippen LogP contribution in [0.3, 0.4) is 0 Å². The molecule has 116 valence electrons. The SMILES string of the molecule is CN(C)C1CCN(C(=O)c2cc3c(s2)CCCCC3)CC1. The molecule has 0 bridgehead atoms. The van der Waals surface area contributed by atoms with E-state index in [9.17, 15) is 4.79 Å². The third kappa shape index (κ3) is 3.32. The molecular weight excluding hydrogens is 280 g/mol. The summed E-state index contributed by atoms with van der Waals surface area (Å²) >= 11 is 1.76. The van der Waals surface area contributed by atoms with E-state index in [2.05, 4.69) is 30.0 Å². The van der Waals surface area contributed by atoms with Crippen molar-refractivity contribution in [2.45, 2.75) is 51.0 Å². The number of likely N-dealkylation sites (tertiary alicyclic amines) is 1. The Kier molecular flexibility index (Phi) is 4.65. The van der Waals surface area contributed by atoms with Crippen LogP contribution in [0, 0.1) is 0 Å². The largest absolute Gasteiger partial charge is 0.338 e. The standard InChI is InChI=1S/C17H26N2OS/c1-18(2)14-8-10-19(11-9-14)17(20)16-12-13-6-4-3-5-7-15(13)21-16/h12,14H,3-11H2,1-2H3. The molecule has 0 spiro atoms. The minimum absolute atomic E-state index is 0.269. The van der Waals surface area contributed by atoms with Crippen LogP contribution in [0.4, 0.5) is 0 Å². The molecule has 1 aliphatic carbocycles. The molecule has 1 saturated heterocycles. The highest BCUT2D eigenvalue weighted by atomic mass is 32.1. The van der Waals surface area contributed by atoms with Gasteiger partial charge in [0.15, 0.2) is 0 Å². The van der Waals surface area contributed by atoms with Gasteiger partial charge in [0.05, 0.1) is 4.88 Å². The number of carbonyl (C=O) groups excluding carboxylic acids is 1. The van der Waals surface area contributed by atoms with E-state index in [1.807, 2.05) is 0 Å². The van der Waals surface area contributed by atoms with Gasteiger partial charge in [-0.05, 0) is 64.3 Å². The van der Waals surface area contributed by atoms with Gasteiger partial charge in [-0.2, -0.15) is 0 Å². The zero-order chi connectivity index (χ0) is 14.8. The van der Waals surface area contributed by atoms with Crippen LogP contribution in [0.1, 0.15) is 52.2 Å². The number of aryl methyl sites for hydroxylation is 2. The second-order valence-corrected chi connectivity index (χ2v) is 7.74. The third-order valence-corrected chi connectivity index (χ3v) is 6.16. The molecule has 1 aromatic heterocycles. The minimum atomic E-state index is 0.269. The molecule has 0 N–H and O–H groups in total. The second-order valence-electron chi connectivity index (χ2n) is 6.61. The maximum absolute atomic E-state index is 12.7. The Balaban J connectivity index is 1.66. The molecule has 1 amide bonds. The van der Waals surface area contributed by atoms with Gasteiger partial charge >= 0.3 is 0 Å². The number of amides is 1. The van der Waals surface area contributed by atoms with E-state index in [0.717, 1.165) is 30.8 Å². The first kappa shape index (κ1) is 15.0. The number of thiophene rings is 1. The summed E-state index contributed by atoms with van der Waals surface area (Å²) in [6.07, 6.45) is 8.45. The Morgan fingerprint density at radius 3 is 2.62 bits per heavy atom. The number of fused-ring (bicyclic) bond motifs is 1. The fourth-order valence-electron chi connectivity index (χ4n) is 3.51. The topological polar surface area (TPSA) is 23.6 Å². The van der Waals surface area contributed by atoms with Gasteiger partial charge in [0.1, 0.15) is 0 Å². The number of hydrogen-bond acceptors (Lipinski definition) is 3. The third-order valence-electron chi connectivity index (χ3n) is 4.94. The number of nitrogens with zero attached hydrogens (tertiary/aromatic N) is 2. The lowest BCUT2D eigenvalue weighted by Crippen LogP contribution is -2.44. The zero-order valence-corrected chi connectivity index (χ0v) is 14.0. The molecule has 0 aromatic carbocycles. The van der Waals surface area contributed by atoms with E-state index in [0.29, 0.717) is 6.04 Å². The number of rotatable bonds is 2. The van der Waals surface area contributed by atoms with Crippen molar-refractivity contribution in [1.29, 1.82) is 0 Å². The van der Waals surface area contributed by atoms with Crippen LogP contribution in [-0.2, 0) is 12.8 Å². The molecule has 0 radical (unpaired) electrons. The Morgan fingerprint density at radius 1 is 1.19 bits per heavy atom. The van der Waals surface area contributed by atoms with Crippen LogP contribution in [0.5, 0.6) is 0 Å². The van der Waals surface area contributed by atoms with Crippen molar-refractivity contribution in [3.63, 3.8) is 0 Å². The smallest absolute Gasteiger partial charge is 0.263 e. The van der Waals surface area contributed by atoms with Crippen molar-refractivity contribution in [3.8, 4) is 0 Å². The molecular formula is C17H26N2OS. The molecule has 0 saturated carbocycles. The van der Waals surface area contributed by atoms with Gasteiger partial charge < -0.3 is 9.80 Å². The van der Waals surface area contributed by atoms with Crippen LogP contribution in [-0.4, -0.2) is 48.9 Å². The Hall–Kier alpha value is -0.870. The molecule has 1 aromatic rings. The summed E-state index contributed by atoms with van der Waals surface area (Å²) in [5.41, 5.74) is 1.45. The monoisotopic (exact) mass is 306 g/mol. The average molecular weight is 306 g/mol. The van der Waals surface area contributed by atoms with Gasteiger partial charge in [-0.15, -0.1) is 11.3 Å². The fourth-order valence-corrected chi connectivity index (χ4v) is 4.74. The molecule has 0 unspecified atom stereocenters. The number of piperidine rings is 1. The van der Waals surface area contributed by atoms with E-state index in [4.69, 9.17) is 0 Å². The van der Waals surface area contributed by atoms with Gasteiger partial charge in [-0.1, -0.05) is 6.42 Å². The van der Waals surface area contributed by atoms with Crippen molar-refractivity contribution >= 4 is 17.2 Å². The highest BCUT2D eigenvalue weighted by Gasteiger charge is 2.26. The van der Waals surface area contributed by atoms with E-state index in [1.54, 1.807) is 11.3 Å². The zero-order valence-electron chi connectivity index (χ0n) is 13.2. The van der Waals surface area contributed by atoms with Crippen LogP contribution >= 0.6 is 11.3 Å². The van der Waals surface area contributed by atoms with E-state index in [1.165, 1.54) is 42.5 Å². The van der Waals surface area contributed by atoms with Crippen molar-refractivity contribution < 1.29 is 4.79 Å². The highest BCUT2D eigenvalue weighted by Crippen LogP contribution is 2.30. The van der Waals surface area contributed by atoms with E-state index >= 15 is 0 Å². The molecule has 3 nitrogen and oxygen atoms in total. The van der Waals surface area contributed by atoms with E-state index < -0.39 is 0 Å². The second kappa shape index (κ2) is 6.49. The maximum atomic E-state index is 12.7. The maximum Gasteiger partial charge on any atom is 0.263 e. The van der Waals surface area contributed by atoms with Gasteiger partial charge in [0.25, 0.3) is 5.91 Å². The molecule has 2 heterocycles. The van der Waals surface area contributed by atoms with Crippen LogP contribution < -0.4 is 0 Å². The summed E-state index contributed by atoms with van der Waals surface area (Å²) in [7, 11) is 4.27. The quantitative estimate of drug-likeness (QED) is 0.784. The van der Waals surface area contributed by atoms with Gasteiger partial charge in [-0.25, -0.2) is 0 Å². The summed E-state index contributed by atoms with van der Waals surface area (Å²) < 4.78 is 0. The Morgan fingerprint density at radius 2 is 1.90 bits per heavy atom. The molecule has 1 aliphatic heterocycles. The fraction of sp³-hybridized carbons (Fsp3) is 0.706. The predicted molar refractivity (Wildman–Crippen MR) is 88.2 cm³/mol. The minimum Gasteiger partial charge on any atom is -0.338 e. The van der Waals surface area contributed by atoms with Crippen molar-refractivity contribution in [1.82, 2.24) is 9.80 Å². The lowest BCUT2D eigenvalue weighted by molar-refractivity contribution is 0.0668. The van der Waals surface area contributed by atoms with Crippen LogP contribution in [0.15, 0.2) is 6.07 Å². The molecule has 0 atom stereocenters. The molecule has 1 fully saturated rings. The average Bonchev–Trinajstić information content (AvgIpc) is 2.77. The first-order valence-corrected chi connectivity index (χ1v) is 9.04. The number of carbonyl (C=O) groups is 1. The lowest BCUT2D eigenvalue weighted by atomic mass is 10.0. The highest BCUT2D eigenvalue weighted by molar-refractivity contribution is 7.14. The first-order chi connectivity index (χ1) is 10.1. The predicted octanol–water partition coefficient (Wildman–Crippen LogP) is 3.18. The summed E-state index contributed by atoms with van der Waals surface area (Å²) in [6.45, 7) is 1.81. The van der Waals surface area contributed by atoms with Crippen molar-refractivity contribution in [2.75, 3.05) is 27.2 Å². The molecule has 4 heteroatoms. The molecule has 2 aliphatic rings. The van der Waals surface area contributed by atoms with Crippen LogP contribution in [0.25, 0.3) is 0 Å². The first-order valence-electron chi connectivity index (χ1n) is 8.22. The van der Waals surface area contributed by atoms with Crippen LogP contribution in [0.2, 0.25) is 0 Å². The van der Waals surface area contributed by atoms with Gasteiger partial charge in [0, 0.05) is 24.0 Å². The van der Waals surface area contributed by atoms with Gasteiger partial charge in [0.2, 0.25) is 0 Å². The molecule has 3 rings (SSSR count). The summed E-state index contributed by atoms with van der Waals surface area (Å²) in [5, 5.41) is 0. The number of hydrogen-bond donors (Lipinski definition) is 0. The lowest BCUT2D eigenvalue weighted by Gasteiger charge is -2.35. The summed E-state index contributed by atoms with van der Waals surface area (Å²) in [4.78, 5) is 19.5. The molecule has 21 heavy (non-hydrogen) atoms.